The summed E-state index contributed by atoms with van der Waals surface area (Å²) >= 11 is 0. The van der Waals surface area contributed by atoms with Crippen molar-refractivity contribution in [1.82, 2.24) is 0 Å². The molecule has 0 bridgehead atoms. The molecule has 1 aliphatic heterocycles. The Morgan fingerprint density at radius 3 is 2.27 bits per heavy atom. The molecule has 1 heterocycles. The number of aliphatic hydroxyl groups is 3. The molecule has 168 valence electrons. The second-order valence-corrected chi connectivity index (χ2v) is 7.70. The molecule has 0 amide bonds. The smallest absolute Gasteiger partial charge is 0.337 e. The van der Waals surface area contributed by atoms with E-state index >= 15 is 0 Å². The number of methoxy groups -OCH3 is 1. The average Bonchev–Trinajstić information content (AvgIpc) is 2.68. The van der Waals surface area contributed by atoms with Crippen LogP contribution in [0.5, 0.6) is 5.75 Å². The Balaban J connectivity index is 2.07. The van der Waals surface area contributed by atoms with Crippen LogP contribution in [0.15, 0.2) is 24.3 Å². The van der Waals surface area contributed by atoms with E-state index in [4.69, 9.17) is 18.9 Å². The van der Waals surface area contributed by atoms with E-state index in [-0.39, 0.29) is 5.75 Å². The zero-order valence-corrected chi connectivity index (χ0v) is 17.3. The molecule has 2 rings (SSSR count). The van der Waals surface area contributed by atoms with Crippen LogP contribution in [-0.2, 0) is 23.7 Å². The lowest BCUT2D eigenvalue weighted by atomic mass is 9.99. The number of benzene rings is 1. The number of esters is 2. The van der Waals surface area contributed by atoms with E-state index in [0.29, 0.717) is 5.56 Å². The molecular formula is C20H28O10. The fraction of sp³-hybridized carbons (Fsp3) is 0.600. The van der Waals surface area contributed by atoms with E-state index in [1.165, 1.54) is 31.4 Å². The third-order valence-corrected chi connectivity index (χ3v) is 4.16. The van der Waals surface area contributed by atoms with Crippen LogP contribution < -0.4 is 4.74 Å². The van der Waals surface area contributed by atoms with Gasteiger partial charge >= 0.3 is 11.9 Å². The molecule has 0 spiro atoms. The van der Waals surface area contributed by atoms with Crippen LogP contribution in [0.25, 0.3) is 0 Å². The molecule has 0 aliphatic carbocycles. The van der Waals surface area contributed by atoms with Gasteiger partial charge in [0.15, 0.2) is 0 Å². The summed E-state index contributed by atoms with van der Waals surface area (Å²) in [5.41, 5.74) is -0.416. The molecule has 3 N–H and O–H groups in total. The summed E-state index contributed by atoms with van der Waals surface area (Å²) in [4.78, 5) is 23.4. The Bertz CT molecular complexity index is 711. The maximum atomic E-state index is 11.9. The fourth-order valence-corrected chi connectivity index (χ4v) is 2.80. The number of carbonyl (C=O) groups excluding carboxylic acids is 2. The summed E-state index contributed by atoms with van der Waals surface area (Å²) in [6.45, 7) is 4.00. The van der Waals surface area contributed by atoms with Crippen LogP contribution in [0.1, 0.15) is 31.1 Å². The molecule has 1 aromatic rings. The molecule has 10 nitrogen and oxygen atoms in total. The van der Waals surface area contributed by atoms with Gasteiger partial charge in [0.25, 0.3) is 0 Å². The van der Waals surface area contributed by atoms with Crippen molar-refractivity contribution in [3.8, 4) is 5.75 Å². The van der Waals surface area contributed by atoms with Crippen molar-refractivity contribution in [2.45, 2.75) is 57.1 Å². The minimum absolute atomic E-state index is 0.255. The van der Waals surface area contributed by atoms with Crippen LogP contribution in [0, 0.1) is 0 Å². The molecule has 0 radical (unpaired) electrons. The SMILES string of the molecule is COC(=O)c1ccc(O[C@@H]2O[C@H](CO)[C@H](O)[C@H](OCC(=O)OC(C)(C)C)[C@H]2O)cc1. The highest BCUT2D eigenvalue weighted by molar-refractivity contribution is 5.89. The van der Waals surface area contributed by atoms with Gasteiger partial charge in [-0.05, 0) is 45.0 Å². The summed E-state index contributed by atoms with van der Waals surface area (Å²) in [6.07, 6.45) is -6.59. The second kappa shape index (κ2) is 10.2. The van der Waals surface area contributed by atoms with E-state index < -0.39 is 61.5 Å². The normalized spacial score (nSPS) is 26.7. The molecule has 30 heavy (non-hydrogen) atoms. The highest BCUT2D eigenvalue weighted by Crippen LogP contribution is 2.26. The first-order valence-electron chi connectivity index (χ1n) is 9.36. The van der Waals surface area contributed by atoms with E-state index in [1.807, 2.05) is 0 Å². The molecule has 1 fully saturated rings. The van der Waals surface area contributed by atoms with Crippen molar-refractivity contribution in [2.24, 2.45) is 0 Å². The van der Waals surface area contributed by atoms with Gasteiger partial charge in [0.05, 0.1) is 19.3 Å². The molecule has 0 unspecified atom stereocenters. The monoisotopic (exact) mass is 428 g/mol. The summed E-state index contributed by atoms with van der Waals surface area (Å²) in [5, 5.41) is 30.4. The number of hydrogen-bond donors (Lipinski definition) is 3. The number of ether oxygens (including phenoxy) is 5. The molecule has 0 aromatic heterocycles. The molecule has 1 aliphatic rings. The molecule has 10 heteroatoms. The Kier molecular flexibility index (Phi) is 8.16. The Morgan fingerprint density at radius 2 is 1.73 bits per heavy atom. The summed E-state index contributed by atoms with van der Waals surface area (Å²) in [7, 11) is 1.26. The van der Waals surface area contributed by atoms with Gasteiger partial charge in [0.2, 0.25) is 6.29 Å². The van der Waals surface area contributed by atoms with E-state index in [2.05, 4.69) is 4.74 Å². The van der Waals surface area contributed by atoms with Crippen molar-refractivity contribution >= 4 is 11.9 Å². The largest absolute Gasteiger partial charge is 0.465 e. The van der Waals surface area contributed by atoms with E-state index in [9.17, 15) is 24.9 Å². The minimum atomic E-state index is -1.48. The van der Waals surface area contributed by atoms with Crippen molar-refractivity contribution in [2.75, 3.05) is 20.3 Å². The fourth-order valence-electron chi connectivity index (χ4n) is 2.80. The molecule has 0 saturated carbocycles. The average molecular weight is 428 g/mol. The molecule has 5 atom stereocenters. The number of aliphatic hydroxyl groups excluding tert-OH is 3. The third-order valence-electron chi connectivity index (χ3n) is 4.16. The van der Waals surface area contributed by atoms with E-state index in [1.54, 1.807) is 20.8 Å². The van der Waals surface area contributed by atoms with Crippen molar-refractivity contribution in [3.63, 3.8) is 0 Å². The zero-order chi connectivity index (χ0) is 22.5. The van der Waals surface area contributed by atoms with Crippen molar-refractivity contribution in [3.05, 3.63) is 29.8 Å². The van der Waals surface area contributed by atoms with E-state index in [0.717, 1.165) is 0 Å². The number of hydrogen-bond acceptors (Lipinski definition) is 10. The zero-order valence-electron chi connectivity index (χ0n) is 17.3. The van der Waals surface area contributed by atoms with Gasteiger partial charge in [-0.1, -0.05) is 0 Å². The van der Waals surface area contributed by atoms with Crippen LogP contribution in [0.4, 0.5) is 0 Å². The van der Waals surface area contributed by atoms with Gasteiger partial charge < -0.3 is 39.0 Å². The highest BCUT2D eigenvalue weighted by Gasteiger charge is 2.46. The van der Waals surface area contributed by atoms with Crippen LogP contribution in [0.2, 0.25) is 0 Å². The molecule has 1 aromatic carbocycles. The van der Waals surface area contributed by atoms with Crippen molar-refractivity contribution < 1.29 is 48.6 Å². The van der Waals surface area contributed by atoms with Gasteiger partial charge in [0, 0.05) is 0 Å². The Morgan fingerprint density at radius 1 is 1.10 bits per heavy atom. The summed E-state index contributed by atoms with van der Waals surface area (Å²) in [6, 6.07) is 5.87. The molecular weight excluding hydrogens is 400 g/mol. The van der Waals surface area contributed by atoms with Gasteiger partial charge in [-0.2, -0.15) is 0 Å². The van der Waals surface area contributed by atoms with Crippen LogP contribution in [-0.4, -0.2) is 83.9 Å². The van der Waals surface area contributed by atoms with Gasteiger partial charge in [-0.25, -0.2) is 9.59 Å². The standard InChI is InChI=1S/C20H28O10/c1-20(2,3)30-14(22)10-27-17-15(23)13(9-21)29-19(16(17)24)28-12-7-5-11(6-8-12)18(25)26-4/h5-8,13,15-17,19,21,23-24H,9-10H2,1-4H3/t13-,15+,16-,17+,19-/m1/s1. The maximum absolute atomic E-state index is 11.9. The lowest BCUT2D eigenvalue weighted by molar-refractivity contribution is -0.285. The minimum Gasteiger partial charge on any atom is -0.465 e. The van der Waals surface area contributed by atoms with Crippen LogP contribution in [0.3, 0.4) is 0 Å². The maximum Gasteiger partial charge on any atom is 0.337 e. The predicted molar refractivity (Wildman–Crippen MR) is 102 cm³/mol. The number of carbonyl (C=O) groups is 2. The predicted octanol–water partition coefficient (Wildman–Crippen LogP) is 0.0179. The van der Waals surface area contributed by atoms with Gasteiger partial charge in [-0.15, -0.1) is 0 Å². The topological polar surface area (TPSA) is 141 Å². The van der Waals surface area contributed by atoms with Crippen molar-refractivity contribution in [1.29, 1.82) is 0 Å². The number of rotatable bonds is 7. The van der Waals surface area contributed by atoms with Crippen LogP contribution >= 0.6 is 0 Å². The Hall–Kier alpha value is -2.24. The summed E-state index contributed by atoms with van der Waals surface area (Å²) in [5.74, 6) is -0.940. The quantitative estimate of drug-likeness (QED) is 0.509. The first-order valence-corrected chi connectivity index (χ1v) is 9.36. The van der Waals surface area contributed by atoms with Gasteiger partial charge in [-0.3, -0.25) is 0 Å². The lowest BCUT2D eigenvalue weighted by Crippen LogP contribution is -2.61. The first-order chi connectivity index (χ1) is 14.1. The summed E-state index contributed by atoms with van der Waals surface area (Å²) < 4.78 is 26.1. The molecule has 1 saturated heterocycles. The van der Waals surface area contributed by atoms with Gasteiger partial charge in [0.1, 0.15) is 42.4 Å². The first kappa shape index (κ1) is 24.0. The highest BCUT2D eigenvalue weighted by atomic mass is 16.7. The second-order valence-electron chi connectivity index (χ2n) is 7.70. The Labute approximate surface area is 174 Å². The third kappa shape index (κ3) is 6.38. The lowest BCUT2D eigenvalue weighted by Gasteiger charge is -2.41.